The van der Waals surface area contributed by atoms with Crippen LogP contribution in [0, 0.1) is 10.1 Å². The minimum atomic E-state index is -0.610. The van der Waals surface area contributed by atoms with Gasteiger partial charge in [-0.2, -0.15) is 0 Å². The van der Waals surface area contributed by atoms with E-state index in [1.54, 1.807) is 0 Å². The summed E-state index contributed by atoms with van der Waals surface area (Å²) in [5, 5.41) is 11.1. The van der Waals surface area contributed by atoms with E-state index < -0.39 is 16.7 Å². The average Bonchev–Trinajstić information content (AvgIpc) is 2.88. The number of imide groups is 1. The molecule has 7 heteroatoms. The van der Waals surface area contributed by atoms with E-state index in [-0.39, 0.29) is 16.8 Å². The predicted octanol–water partition coefficient (Wildman–Crippen LogP) is 4.94. The highest BCUT2D eigenvalue weighted by Crippen LogP contribution is 2.30. The Morgan fingerprint density at radius 3 is 2.04 bits per heavy atom. The molecule has 1 aromatic carbocycles. The monoisotopic (exact) mass is 380 g/mol. The number of nitro groups is 1. The molecule has 1 heterocycles. The molecule has 0 aromatic heterocycles. The van der Waals surface area contributed by atoms with Crippen LogP contribution in [0.5, 0.6) is 0 Å². The van der Waals surface area contributed by atoms with E-state index in [2.05, 4.69) is 0 Å². The van der Waals surface area contributed by atoms with Crippen LogP contribution in [-0.4, -0.2) is 34.1 Å². The summed E-state index contributed by atoms with van der Waals surface area (Å²) in [6, 6.07) is 4.19. The van der Waals surface area contributed by atoms with Gasteiger partial charge in [-0.1, -0.05) is 51.0 Å². The van der Waals surface area contributed by atoms with Gasteiger partial charge in [-0.3, -0.25) is 24.6 Å². The van der Waals surface area contributed by atoms with Crippen LogP contribution in [0.2, 0.25) is 0 Å². The van der Waals surface area contributed by atoms with Crippen LogP contribution in [0.25, 0.3) is 0 Å². The van der Waals surface area contributed by atoms with E-state index in [0.717, 1.165) is 42.9 Å². The molecule has 1 aliphatic rings. The number of hydrogen-bond acceptors (Lipinski definition) is 4. The fourth-order valence-corrected chi connectivity index (χ4v) is 3.46. The molecular weight excluding hydrogens is 356 g/mol. The number of nitro benzene ring substituents is 1. The first-order valence-electron chi connectivity index (χ1n) is 9.27. The maximum atomic E-state index is 12.4. The molecule has 0 radical (unpaired) electrons. The Hall–Kier alpha value is -1.95. The zero-order valence-corrected chi connectivity index (χ0v) is 15.7. The summed E-state index contributed by atoms with van der Waals surface area (Å²) in [6.45, 7) is 0.319. The Balaban J connectivity index is 1.73. The van der Waals surface area contributed by atoms with E-state index >= 15 is 0 Å². The molecule has 0 bridgehead atoms. The van der Waals surface area contributed by atoms with Gasteiger partial charge in [-0.05, 0) is 18.9 Å². The Morgan fingerprint density at radius 1 is 0.885 bits per heavy atom. The van der Waals surface area contributed by atoms with Gasteiger partial charge in [0.1, 0.15) is 5.56 Å². The minimum Gasteiger partial charge on any atom is -0.274 e. The molecule has 0 spiro atoms. The number of halogens is 1. The van der Waals surface area contributed by atoms with Crippen molar-refractivity contribution in [3.8, 4) is 0 Å². The summed E-state index contributed by atoms with van der Waals surface area (Å²) in [7, 11) is 0. The summed E-state index contributed by atoms with van der Waals surface area (Å²) in [5.74, 6) is -0.231. The number of carbonyl (C=O) groups excluding carboxylic acids is 2. The normalized spacial score (nSPS) is 13.3. The van der Waals surface area contributed by atoms with Gasteiger partial charge in [0.25, 0.3) is 17.5 Å². The molecular formula is C19H25ClN2O4. The third-order valence-corrected chi connectivity index (χ3v) is 4.96. The molecule has 6 nitrogen and oxygen atoms in total. The number of unbranched alkanes of at least 4 members (excludes halogenated alkanes) is 8. The largest absolute Gasteiger partial charge is 0.282 e. The van der Waals surface area contributed by atoms with Crippen LogP contribution in [-0.2, 0) is 0 Å². The lowest BCUT2D eigenvalue weighted by atomic mass is 10.1. The van der Waals surface area contributed by atoms with Gasteiger partial charge in [-0.15, -0.1) is 11.6 Å². The zero-order valence-electron chi connectivity index (χ0n) is 14.9. The molecule has 1 aromatic rings. The molecule has 0 N–H and O–H groups in total. The van der Waals surface area contributed by atoms with Crippen LogP contribution in [0.15, 0.2) is 18.2 Å². The number of alkyl halides is 1. The van der Waals surface area contributed by atoms with Crippen LogP contribution in [0.1, 0.15) is 78.5 Å². The first-order chi connectivity index (χ1) is 12.6. The van der Waals surface area contributed by atoms with E-state index in [9.17, 15) is 19.7 Å². The van der Waals surface area contributed by atoms with Crippen molar-refractivity contribution in [1.82, 2.24) is 4.90 Å². The Morgan fingerprint density at radius 2 is 1.46 bits per heavy atom. The topological polar surface area (TPSA) is 80.5 Å². The second-order valence-corrected chi connectivity index (χ2v) is 6.97. The highest BCUT2D eigenvalue weighted by Gasteiger charge is 2.40. The molecule has 0 atom stereocenters. The number of amides is 2. The number of hydrogen-bond donors (Lipinski definition) is 0. The lowest BCUT2D eigenvalue weighted by molar-refractivity contribution is -0.385. The van der Waals surface area contributed by atoms with Gasteiger partial charge in [0.2, 0.25) is 0 Å². The average molecular weight is 381 g/mol. The smallest absolute Gasteiger partial charge is 0.274 e. The number of nitrogens with zero attached hydrogens (tertiary/aromatic N) is 2. The summed E-state index contributed by atoms with van der Waals surface area (Å²) in [4.78, 5) is 36.4. The zero-order chi connectivity index (χ0) is 18.9. The van der Waals surface area contributed by atoms with Crippen molar-refractivity contribution in [2.24, 2.45) is 0 Å². The second-order valence-electron chi connectivity index (χ2n) is 6.59. The number of benzene rings is 1. The van der Waals surface area contributed by atoms with E-state index in [0.29, 0.717) is 6.54 Å². The third kappa shape index (κ3) is 5.04. The Kier molecular flexibility index (Phi) is 8.04. The highest BCUT2D eigenvalue weighted by molar-refractivity contribution is 6.23. The molecule has 26 heavy (non-hydrogen) atoms. The number of rotatable bonds is 12. The van der Waals surface area contributed by atoms with Crippen molar-refractivity contribution >= 4 is 29.1 Å². The molecule has 2 amide bonds. The lowest BCUT2D eigenvalue weighted by Gasteiger charge is -2.13. The van der Waals surface area contributed by atoms with Crippen molar-refractivity contribution in [2.45, 2.75) is 57.8 Å². The molecule has 0 fully saturated rings. The van der Waals surface area contributed by atoms with Crippen molar-refractivity contribution in [3.05, 3.63) is 39.4 Å². The molecule has 0 saturated heterocycles. The van der Waals surface area contributed by atoms with E-state index in [4.69, 9.17) is 11.6 Å². The Bertz CT molecular complexity index is 663. The third-order valence-electron chi connectivity index (χ3n) is 4.69. The predicted molar refractivity (Wildman–Crippen MR) is 101 cm³/mol. The van der Waals surface area contributed by atoms with E-state index in [1.165, 1.54) is 43.9 Å². The van der Waals surface area contributed by atoms with Gasteiger partial charge < -0.3 is 0 Å². The fraction of sp³-hybridized carbons (Fsp3) is 0.579. The lowest BCUT2D eigenvalue weighted by Crippen LogP contribution is -2.30. The van der Waals surface area contributed by atoms with Crippen LogP contribution >= 0.6 is 11.6 Å². The molecule has 0 saturated carbocycles. The van der Waals surface area contributed by atoms with Crippen LogP contribution < -0.4 is 0 Å². The van der Waals surface area contributed by atoms with Crippen molar-refractivity contribution in [2.75, 3.05) is 12.4 Å². The van der Waals surface area contributed by atoms with Gasteiger partial charge >= 0.3 is 0 Å². The number of carbonyl (C=O) groups is 2. The molecule has 1 aliphatic heterocycles. The van der Waals surface area contributed by atoms with Gasteiger partial charge in [0, 0.05) is 18.5 Å². The molecule has 0 aliphatic carbocycles. The molecule has 2 rings (SSSR count). The fourth-order valence-electron chi connectivity index (χ4n) is 3.27. The van der Waals surface area contributed by atoms with Gasteiger partial charge in [-0.25, -0.2) is 0 Å². The molecule has 142 valence electrons. The Labute approximate surface area is 158 Å². The second kappa shape index (κ2) is 10.3. The SMILES string of the molecule is O=C1c2cccc([N+](=O)[O-])c2C(=O)N1CCCCCCCCCCCCl. The van der Waals surface area contributed by atoms with Gasteiger partial charge in [0.15, 0.2) is 0 Å². The summed E-state index contributed by atoms with van der Waals surface area (Å²) >= 11 is 5.64. The maximum Gasteiger partial charge on any atom is 0.282 e. The standard InChI is InChI=1S/C19H25ClN2O4/c20-13-8-6-4-2-1-3-5-7-9-14-21-18(23)15-11-10-12-16(22(25)26)17(15)19(21)24/h10-12H,1-9,13-14H2. The summed E-state index contributed by atoms with van der Waals surface area (Å²) in [5.41, 5.74) is -0.224. The van der Waals surface area contributed by atoms with Crippen molar-refractivity contribution in [3.63, 3.8) is 0 Å². The summed E-state index contributed by atoms with van der Waals surface area (Å²) < 4.78 is 0. The van der Waals surface area contributed by atoms with E-state index in [1.807, 2.05) is 0 Å². The minimum absolute atomic E-state index is 0.0700. The van der Waals surface area contributed by atoms with Crippen molar-refractivity contribution in [1.29, 1.82) is 0 Å². The number of fused-ring (bicyclic) bond motifs is 1. The van der Waals surface area contributed by atoms with Crippen molar-refractivity contribution < 1.29 is 14.5 Å². The van der Waals surface area contributed by atoms with Crippen LogP contribution in [0.4, 0.5) is 5.69 Å². The maximum absolute atomic E-state index is 12.4. The molecule has 0 unspecified atom stereocenters. The quantitative estimate of drug-likeness (QED) is 0.169. The first kappa shape index (κ1) is 20.4. The van der Waals surface area contributed by atoms with Gasteiger partial charge in [0.05, 0.1) is 10.5 Å². The highest BCUT2D eigenvalue weighted by atomic mass is 35.5. The summed E-state index contributed by atoms with van der Waals surface area (Å²) in [6.07, 6.45) is 9.80. The van der Waals surface area contributed by atoms with Crippen LogP contribution in [0.3, 0.4) is 0 Å². The first-order valence-corrected chi connectivity index (χ1v) is 9.81.